The van der Waals surface area contributed by atoms with Crippen LogP contribution in [0.1, 0.15) is 61.0 Å². The standard InChI is InChI=1S/C30H37N3O4.C2HF3O2/c1-29(2)21-36-25-9-5-7-23(27(25)37-29)20-32-16-12-30(13-17-32)14-18-33(19-15-30)28(35)24-8-4-3-6-22(24)10-11-26(31)34;3-2(4,5)1(6)7/h3-11H,12-21H2,1-2H3,(H2,31,34);(H,6,7)/b11-10+;. The third kappa shape index (κ3) is 8.31. The van der Waals surface area contributed by atoms with Crippen LogP contribution < -0.4 is 15.2 Å². The number of nitrogens with two attached hydrogens (primary N) is 1. The zero-order valence-corrected chi connectivity index (χ0v) is 24.9. The van der Waals surface area contributed by atoms with E-state index in [4.69, 9.17) is 25.1 Å². The molecule has 5 rings (SSSR count). The number of carbonyl (C=O) groups excluding carboxylic acids is 2. The average molecular weight is 618 g/mol. The fourth-order valence-electron chi connectivity index (χ4n) is 5.76. The number of carboxylic acids is 1. The maximum Gasteiger partial charge on any atom is 0.490 e. The van der Waals surface area contributed by atoms with Crippen molar-refractivity contribution in [1.29, 1.82) is 0 Å². The molecule has 0 unspecified atom stereocenters. The van der Waals surface area contributed by atoms with Crippen LogP contribution in [0.4, 0.5) is 13.2 Å². The third-order valence-electron chi connectivity index (χ3n) is 8.30. The quantitative estimate of drug-likeness (QED) is 0.459. The number of halogens is 3. The summed E-state index contributed by atoms with van der Waals surface area (Å²) < 4.78 is 44.0. The minimum Gasteiger partial charge on any atom is -0.486 e. The fraction of sp³-hybridized carbons (Fsp3) is 0.469. The molecule has 0 atom stereocenters. The predicted octanol–water partition coefficient (Wildman–Crippen LogP) is 4.89. The highest BCUT2D eigenvalue weighted by Crippen LogP contribution is 2.43. The normalized spacial score (nSPS) is 19.2. The maximum atomic E-state index is 13.3. The second-order valence-corrected chi connectivity index (χ2v) is 12.1. The van der Waals surface area contributed by atoms with Crippen molar-refractivity contribution in [3.8, 4) is 11.5 Å². The van der Waals surface area contributed by atoms with Crippen LogP contribution in [0.5, 0.6) is 11.5 Å². The molecule has 1 spiro atoms. The fourth-order valence-corrected chi connectivity index (χ4v) is 5.76. The first kappa shape index (κ1) is 32.8. The van der Waals surface area contributed by atoms with Crippen LogP contribution in [0.3, 0.4) is 0 Å². The number of aliphatic carboxylic acids is 1. The summed E-state index contributed by atoms with van der Waals surface area (Å²) in [7, 11) is 0. The summed E-state index contributed by atoms with van der Waals surface area (Å²) in [5, 5.41) is 7.12. The zero-order valence-electron chi connectivity index (χ0n) is 24.9. The molecule has 2 fully saturated rings. The predicted molar refractivity (Wildman–Crippen MR) is 157 cm³/mol. The van der Waals surface area contributed by atoms with Crippen molar-refractivity contribution in [3.05, 3.63) is 65.2 Å². The van der Waals surface area contributed by atoms with Crippen LogP contribution in [-0.2, 0) is 16.1 Å². The van der Waals surface area contributed by atoms with Gasteiger partial charge in [0.2, 0.25) is 5.91 Å². The molecule has 2 saturated heterocycles. The van der Waals surface area contributed by atoms with Crippen molar-refractivity contribution < 1.29 is 42.1 Å². The molecule has 2 amide bonds. The van der Waals surface area contributed by atoms with E-state index in [0.29, 0.717) is 17.6 Å². The molecule has 12 heteroatoms. The summed E-state index contributed by atoms with van der Waals surface area (Å²) in [6.07, 6.45) is 2.18. The summed E-state index contributed by atoms with van der Waals surface area (Å²) in [6, 6.07) is 13.6. The Morgan fingerprint density at radius 2 is 1.59 bits per heavy atom. The van der Waals surface area contributed by atoms with Crippen molar-refractivity contribution in [2.45, 2.75) is 57.9 Å². The number of nitrogens with zero attached hydrogens (tertiary/aromatic N) is 2. The number of benzene rings is 2. The number of hydrogen-bond acceptors (Lipinski definition) is 6. The highest BCUT2D eigenvalue weighted by atomic mass is 19.4. The van der Waals surface area contributed by atoms with Crippen LogP contribution in [0.15, 0.2) is 48.5 Å². The van der Waals surface area contributed by atoms with Gasteiger partial charge in [0, 0.05) is 36.8 Å². The Labute approximate surface area is 254 Å². The molecule has 0 aromatic heterocycles. The molecule has 0 radical (unpaired) electrons. The van der Waals surface area contributed by atoms with E-state index in [0.717, 1.165) is 75.5 Å². The molecule has 2 aromatic rings. The van der Waals surface area contributed by atoms with Gasteiger partial charge in [-0.25, -0.2) is 4.79 Å². The second kappa shape index (κ2) is 13.3. The number of primary amides is 1. The molecule has 0 bridgehead atoms. The van der Waals surface area contributed by atoms with Gasteiger partial charge in [0.25, 0.3) is 5.91 Å². The van der Waals surface area contributed by atoms with Gasteiger partial charge in [-0.2, -0.15) is 13.2 Å². The second-order valence-electron chi connectivity index (χ2n) is 12.1. The minimum absolute atomic E-state index is 0.0241. The van der Waals surface area contributed by atoms with E-state index in [1.54, 1.807) is 6.08 Å². The van der Waals surface area contributed by atoms with Crippen LogP contribution in [-0.4, -0.2) is 77.3 Å². The Bertz CT molecular complexity index is 1390. The van der Waals surface area contributed by atoms with Gasteiger partial charge < -0.3 is 25.2 Å². The van der Waals surface area contributed by atoms with Crippen LogP contribution in [0.2, 0.25) is 0 Å². The molecule has 9 nitrogen and oxygen atoms in total. The van der Waals surface area contributed by atoms with Crippen molar-refractivity contribution in [1.82, 2.24) is 9.80 Å². The summed E-state index contributed by atoms with van der Waals surface area (Å²) in [5.74, 6) is -1.53. The largest absolute Gasteiger partial charge is 0.490 e. The van der Waals surface area contributed by atoms with E-state index >= 15 is 0 Å². The number of carbonyl (C=O) groups is 3. The number of amides is 2. The monoisotopic (exact) mass is 617 g/mol. The molecule has 2 aromatic carbocycles. The molecule has 0 aliphatic carbocycles. The number of alkyl halides is 3. The zero-order chi connectivity index (χ0) is 32.1. The summed E-state index contributed by atoms with van der Waals surface area (Å²) in [5.41, 5.74) is 7.75. The average Bonchev–Trinajstić information content (AvgIpc) is 2.97. The maximum absolute atomic E-state index is 13.3. The topological polar surface area (TPSA) is 122 Å². The highest BCUT2D eigenvalue weighted by molar-refractivity contribution is 5.99. The first-order valence-corrected chi connectivity index (χ1v) is 14.5. The number of fused-ring (bicyclic) bond motifs is 1. The molecule has 3 heterocycles. The number of carboxylic acid groups (broad SMARTS) is 1. The van der Waals surface area contributed by atoms with Crippen LogP contribution in [0.25, 0.3) is 6.08 Å². The number of piperidine rings is 2. The summed E-state index contributed by atoms with van der Waals surface area (Å²) in [6.45, 7) is 9.16. The van der Waals surface area contributed by atoms with Crippen LogP contribution in [0, 0.1) is 5.41 Å². The van der Waals surface area contributed by atoms with Gasteiger partial charge in [0.15, 0.2) is 11.5 Å². The van der Waals surface area contributed by atoms with Crippen molar-refractivity contribution in [3.63, 3.8) is 0 Å². The SMILES string of the molecule is CC1(C)COc2cccc(CN3CCC4(CC3)CCN(C(=O)c3ccccc3/C=C/C(N)=O)CC4)c2O1.O=C(O)C(F)(F)F. The van der Waals surface area contributed by atoms with Gasteiger partial charge in [-0.15, -0.1) is 0 Å². The first-order chi connectivity index (χ1) is 20.7. The number of ether oxygens (including phenoxy) is 2. The van der Waals surface area contributed by atoms with Gasteiger partial charge in [-0.05, 0) is 81.8 Å². The highest BCUT2D eigenvalue weighted by Gasteiger charge is 2.40. The molecule has 44 heavy (non-hydrogen) atoms. The van der Waals surface area contributed by atoms with E-state index in [1.807, 2.05) is 35.2 Å². The Balaban J connectivity index is 0.000000566. The number of para-hydroxylation sites is 1. The van der Waals surface area contributed by atoms with Gasteiger partial charge in [0.05, 0.1) is 0 Å². The van der Waals surface area contributed by atoms with Gasteiger partial charge in [-0.1, -0.05) is 30.3 Å². The Morgan fingerprint density at radius 1 is 0.977 bits per heavy atom. The first-order valence-electron chi connectivity index (χ1n) is 14.5. The Kier molecular flexibility index (Phi) is 9.92. The van der Waals surface area contributed by atoms with E-state index in [9.17, 15) is 22.8 Å². The van der Waals surface area contributed by atoms with Crippen molar-refractivity contribution >= 4 is 23.9 Å². The lowest BCUT2D eigenvalue weighted by Crippen LogP contribution is -2.48. The molecule has 3 aliphatic heterocycles. The Hall–Kier alpha value is -4.06. The van der Waals surface area contributed by atoms with Crippen molar-refractivity contribution in [2.24, 2.45) is 11.1 Å². The van der Waals surface area contributed by atoms with Gasteiger partial charge >= 0.3 is 12.1 Å². The Morgan fingerprint density at radius 3 is 2.20 bits per heavy atom. The van der Waals surface area contributed by atoms with E-state index in [-0.39, 0.29) is 11.5 Å². The number of likely N-dealkylation sites (tertiary alicyclic amines) is 2. The lowest BCUT2D eigenvalue weighted by atomic mass is 9.71. The molecular weight excluding hydrogens is 579 g/mol. The van der Waals surface area contributed by atoms with E-state index < -0.39 is 18.1 Å². The minimum atomic E-state index is -5.08. The van der Waals surface area contributed by atoms with Crippen molar-refractivity contribution in [2.75, 3.05) is 32.8 Å². The molecule has 238 valence electrons. The number of rotatable bonds is 5. The molecule has 3 aliphatic rings. The third-order valence-corrected chi connectivity index (χ3v) is 8.30. The van der Waals surface area contributed by atoms with Crippen LogP contribution >= 0.6 is 0 Å². The molecule has 3 N–H and O–H groups in total. The summed E-state index contributed by atoms with van der Waals surface area (Å²) in [4.78, 5) is 37.8. The lowest BCUT2D eigenvalue weighted by molar-refractivity contribution is -0.192. The van der Waals surface area contributed by atoms with Gasteiger partial charge in [-0.3, -0.25) is 14.5 Å². The van der Waals surface area contributed by atoms with E-state index in [1.165, 1.54) is 11.6 Å². The summed E-state index contributed by atoms with van der Waals surface area (Å²) >= 11 is 0. The van der Waals surface area contributed by atoms with Gasteiger partial charge in [0.1, 0.15) is 12.2 Å². The molecule has 0 saturated carbocycles. The molecular formula is C32H38F3N3O6. The lowest BCUT2D eigenvalue weighted by Gasteiger charge is -2.47. The van der Waals surface area contributed by atoms with E-state index in [2.05, 4.69) is 30.9 Å². The number of hydrogen-bond donors (Lipinski definition) is 2. The smallest absolute Gasteiger partial charge is 0.486 e.